The van der Waals surface area contributed by atoms with Gasteiger partial charge in [0.15, 0.2) is 0 Å². The van der Waals surface area contributed by atoms with Gasteiger partial charge >= 0.3 is 6.03 Å². The van der Waals surface area contributed by atoms with E-state index in [1.807, 2.05) is 0 Å². The minimum atomic E-state index is -0.372. The molecule has 5 nitrogen and oxygen atoms in total. The second-order valence-corrected chi connectivity index (χ2v) is 4.12. The molecule has 0 fully saturated rings. The molecule has 0 heterocycles. The third kappa shape index (κ3) is 5.37. The van der Waals surface area contributed by atoms with E-state index >= 15 is 0 Å². The number of hydrogen-bond acceptors (Lipinski definition) is 2. The van der Waals surface area contributed by atoms with E-state index < -0.39 is 0 Å². The van der Waals surface area contributed by atoms with Crippen molar-refractivity contribution >= 4 is 17.6 Å². The van der Waals surface area contributed by atoms with Gasteiger partial charge in [0.25, 0.3) is 0 Å². The number of carbonyl (C=O) groups excluding carboxylic acids is 2. The lowest BCUT2D eigenvalue weighted by molar-refractivity contribution is -0.120. The molecule has 0 bridgehead atoms. The zero-order valence-corrected chi connectivity index (χ0v) is 11.0. The fraction of sp³-hybridized carbons (Fsp3) is 0.385. The summed E-state index contributed by atoms with van der Waals surface area (Å²) in [4.78, 5) is 22.4. The summed E-state index contributed by atoms with van der Waals surface area (Å²) in [6, 6.07) is 3.98. The van der Waals surface area contributed by atoms with Crippen LogP contribution in [0.4, 0.5) is 14.9 Å². The quantitative estimate of drug-likeness (QED) is 0.712. The number of amides is 3. The number of anilines is 1. The first-order valence-electron chi connectivity index (χ1n) is 6.04. The van der Waals surface area contributed by atoms with Crippen molar-refractivity contribution in [1.82, 2.24) is 10.6 Å². The summed E-state index contributed by atoms with van der Waals surface area (Å²) < 4.78 is 13.0. The van der Waals surface area contributed by atoms with Crippen LogP contribution in [0, 0.1) is 12.7 Å². The average Bonchev–Trinajstić information content (AvgIpc) is 2.38. The summed E-state index contributed by atoms with van der Waals surface area (Å²) >= 11 is 0. The van der Waals surface area contributed by atoms with Gasteiger partial charge in [0, 0.05) is 25.7 Å². The van der Waals surface area contributed by atoms with Crippen LogP contribution in [0.15, 0.2) is 18.2 Å². The van der Waals surface area contributed by atoms with E-state index in [1.54, 1.807) is 20.0 Å². The SMILES string of the molecule is CNC(=O)CCCNC(=O)Nc1ccc(F)c(C)c1. The van der Waals surface area contributed by atoms with Crippen molar-refractivity contribution in [3.63, 3.8) is 0 Å². The van der Waals surface area contributed by atoms with Gasteiger partial charge in [-0.3, -0.25) is 4.79 Å². The molecular formula is C13H18FN3O2. The zero-order valence-electron chi connectivity index (χ0n) is 11.0. The summed E-state index contributed by atoms with van der Waals surface area (Å²) in [6.45, 7) is 2.03. The van der Waals surface area contributed by atoms with Crippen molar-refractivity contribution in [2.75, 3.05) is 18.9 Å². The molecule has 0 unspecified atom stereocenters. The highest BCUT2D eigenvalue weighted by molar-refractivity contribution is 5.89. The van der Waals surface area contributed by atoms with Crippen LogP contribution in [-0.2, 0) is 4.79 Å². The van der Waals surface area contributed by atoms with Crippen LogP contribution in [0.2, 0.25) is 0 Å². The molecule has 0 spiro atoms. The van der Waals surface area contributed by atoms with Gasteiger partial charge in [-0.05, 0) is 37.1 Å². The summed E-state index contributed by atoms with van der Waals surface area (Å²) in [5, 5.41) is 7.72. The Labute approximate surface area is 111 Å². The van der Waals surface area contributed by atoms with Crippen LogP contribution in [0.25, 0.3) is 0 Å². The van der Waals surface area contributed by atoms with E-state index in [0.717, 1.165) is 0 Å². The number of hydrogen-bond donors (Lipinski definition) is 3. The molecule has 0 aromatic heterocycles. The second kappa shape index (κ2) is 7.35. The summed E-state index contributed by atoms with van der Waals surface area (Å²) in [5.41, 5.74) is 1.00. The molecular weight excluding hydrogens is 249 g/mol. The van der Waals surface area contributed by atoms with Crippen LogP contribution >= 0.6 is 0 Å². The Hall–Kier alpha value is -2.11. The van der Waals surface area contributed by atoms with E-state index in [0.29, 0.717) is 30.6 Å². The topological polar surface area (TPSA) is 70.2 Å². The highest BCUT2D eigenvalue weighted by atomic mass is 19.1. The van der Waals surface area contributed by atoms with Gasteiger partial charge in [0.2, 0.25) is 5.91 Å². The Bertz CT molecular complexity index is 463. The molecule has 19 heavy (non-hydrogen) atoms. The molecule has 0 aliphatic heterocycles. The Morgan fingerprint density at radius 1 is 1.32 bits per heavy atom. The van der Waals surface area contributed by atoms with Gasteiger partial charge in [-0.2, -0.15) is 0 Å². The number of aryl methyl sites for hydroxylation is 1. The number of rotatable bonds is 5. The van der Waals surface area contributed by atoms with Crippen molar-refractivity contribution in [3.8, 4) is 0 Å². The smallest absolute Gasteiger partial charge is 0.319 e. The predicted molar refractivity (Wildman–Crippen MR) is 71.5 cm³/mol. The molecule has 1 rings (SSSR count). The molecule has 0 aliphatic rings. The maximum absolute atomic E-state index is 13.0. The normalized spacial score (nSPS) is 9.84. The molecule has 0 saturated heterocycles. The molecule has 0 aliphatic carbocycles. The molecule has 104 valence electrons. The lowest BCUT2D eigenvalue weighted by Gasteiger charge is -2.08. The highest BCUT2D eigenvalue weighted by Crippen LogP contribution is 2.13. The van der Waals surface area contributed by atoms with Crippen molar-refractivity contribution < 1.29 is 14.0 Å². The Morgan fingerprint density at radius 2 is 2.05 bits per heavy atom. The number of urea groups is 1. The Morgan fingerprint density at radius 3 is 2.68 bits per heavy atom. The molecule has 0 radical (unpaired) electrons. The molecule has 1 aromatic carbocycles. The van der Waals surface area contributed by atoms with Crippen molar-refractivity contribution in [2.45, 2.75) is 19.8 Å². The van der Waals surface area contributed by atoms with Crippen molar-refractivity contribution in [2.24, 2.45) is 0 Å². The van der Waals surface area contributed by atoms with Crippen LogP contribution < -0.4 is 16.0 Å². The Balaban J connectivity index is 2.31. The molecule has 6 heteroatoms. The molecule has 3 N–H and O–H groups in total. The van der Waals surface area contributed by atoms with Gasteiger partial charge in [-0.1, -0.05) is 0 Å². The summed E-state index contributed by atoms with van der Waals surface area (Å²) in [7, 11) is 1.57. The number of benzene rings is 1. The first-order chi connectivity index (χ1) is 9.02. The van der Waals surface area contributed by atoms with E-state index in [2.05, 4.69) is 16.0 Å². The highest BCUT2D eigenvalue weighted by Gasteiger charge is 2.04. The third-order valence-electron chi connectivity index (χ3n) is 2.56. The number of carbonyl (C=O) groups is 2. The summed E-state index contributed by atoms with van der Waals surface area (Å²) in [5.74, 6) is -0.368. The first-order valence-corrected chi connectivity index (χ1v) is 6.04. The van der Waals surface area contributed by atoms with Gasteiger partial charge in [0.1, 0.15) is 5.82 Å². The minimum Gasteiger partial charge on any atom is -0.359 e. The van der Waals surface area contributed by atoms with Crippen molar-refractivity contribution in [3.05, 3.63) is 29.6 Å². The largest absolute Gasteiger partial charge is 0.359 e. The van der Waals surface area contributed by atoms with E-state index in [-0.39, 0.29) is 17.8 Å². The van der Waals surface area contributed by atoms with Gasteiger partial charge in [0.05, 0.1) is 0 Å². The maximum Gasteiger partial charge on any atom is 0.319 e. The van der Waals surface area contributed by atoms with Crippen LogP contribution in [0.1, 0.15) is 18.4 Å². The van der Waals surface area contributed by atoms with E-state index in [4.69, 9.17) is 0 Å². The van der Waals surface area contributed by atoms with Gasteiger partial charge < -0.3 is 16.0 Å². The average molecular weight is 267 g/mol. The molecule has 1 aromatic rings. The fourth-order valence-corrected chi connectivity index (χ4v) is 1.47. The number of nitrogens with one attached hydrogen (secondary N) is 3. The fourth-order valence-electron chi connectivity index (χ4n) is 1.47. The van der Waals surface area contributed by atoms with Crippen molar-refractivity contribution in [1.29, 1.82) is 0 Å². The molecule has 0 saturated carbocycles. The lowest BCUT2D eigenvalue weighted by atomic mass is 10.2. The minimum absolute atomic E-state index is 0.0589. The number of halogens is 1. The second-order valence-electron chi connectivity index (χ2n) is 4.12. The first kappa shape index (κ1) is 14.9. The van der Waals surface area contributed by atoms with E-state index in [1.165, 1.54) is 12.1 Å². The lowest BCUT2D eigenvalue weighted by Crippen LogP contribution is -2.30. The van der Waals surface area contributed by atoms with Crippen LogP contribution in [-0.4, -0.2) is 25.5 Å². The summed E-state index contributed by atoms with van der Waals surface area (Å²) in [6.07, 6.45) is 0.933. The predicted octanol–water partition coefficient (Wildman–Crippen LogP) is 1.78. The van der Waals surface area contributed by atoms with Gasteiger partial charge in [-0.25, -0.2) is 9.18 Å². The Kier molecular flexibility index (Phi) is 5.78. The van der Waals surface area contributed by atoms with Crippen LogP contribution in [0.5, 0.6) is 0 Å². The van der Waals surface area contributed by atoms with E-state index in [9.17, 15) is 14.0 Å². The van der Waals surface area contributed by atoms with Gasteiger partial charge in [-0.15, -0.1) is 0 Å². The standard InChI is InChI=1S/C13H18FN3O2/c1-9-8-10(5-6-11(9)14)17-13(19)16-7-3-4-12(18)15-2/h5-6,8H,3-4,7H2,1-2H3,(H,15,18)(H2,16,17,19). The third-order valence-corrected chi connectivity index (χ3v) is 2.56. The molecule has 0 atom stereocenters. The molecule has 3 amide bonds. The van der Waals surface area contributed by atoms with Crippen LogP contribution in [0.3, 0.4) is 0 Å². The maximum atomic E-state index is 13.0. The monoisotopic (exact) mass is 267 g/mol. The zero-order chi connectivity index (χ0) is 14.3.